The van der Waals surface area contributed by atoms with Gasteiger partial charge in [-0.25, -0.2) is 0 Å². The molecule has 5 heterocycles. The quantitative estimate of drug-likeness (QED) is 0.190. The molecule has 1 unspecified atom stereocenters. The van der Waals surface area contributed by atoms with Gasteiger partial charge in [0.1, 0.15) is 54.3 Å². The van der Waals surface area contributed by atoms with Gasteiger partial charge in [-0.05, 0) is 83.8 Å². The van der Waals surface area contributed by atoms with Gasteiger partial charge < -0.3 is 41.0 Å². The standard InChI is InChI=1S/C44H48N4O7/c1-2-5-28(49)20-30(51)21-29(50)7-6-26-19-41-40(22-39(26)53)54-17-15-44(13-3-4-14-44)36-10-11-38(52)32-8-9-33-31(12-16-46-42(33)45)34(32)18-27-23-47-37-25-48(24-35(27)37)43(36)55-41/h8-9,12,16,19,22-24,28,30,36,38,42-43,46,49,51-53H,2-7,13-14,18,20-21,25,45H2,1H3/p+1/t28-,30+,36-,38-,42-,43-/m0/s1. The molecule has 0 saturated heterocycles. The number of nitrogens with zero attached hydrogens (tertiary/aromatic N) is 1. The Morgan fingerprint density at radius 1 is 1.15 bits per heavy atom. The molecule has 11 nitrogen and oxygen atoms in total. The molecule has 2 aromatic carbocycles. The number of phenolic OH excluding ortho intramolecular Hbond substituents is 1. The third-order valence-electron chi connectivity index (χ3n) is 12.0. The maximum atomic E-state index is 12.9. The number of benzene rings is 2. The van der Waals surface area contributed by atoms with Gasteiger partial charge in [0.2, 0.25) is 0 Å². The fraction of sp³-hybridized carbons (Fsp3) is 0.455. The summed E-state index contributed by atoms with van der Waals surface area (Å²) in [5.41, 5.74) is 13.0. The molecule has 1 aliphatic carbocycles. The molecule has 0 amide bonds. The Kier molecular flexibility index (Phi) is 10.3. The van der Waals surface area contributed by atoms with E-state index in [2.05, 4.69) is 35.4 Å². The molecule has 8 N–H and O–H groups in total. The number of allylic oxidation sites excluding steroid dienone is 1. The van der Waals surface area contributed by atoms with E-state index >= 15 is 0 Å². The number of Topliss-reactive ketones (excluding diaryl/α,β-unsaturated/α-hetero) is 1. The fourth-order valence-corrected chi connectivity index (χ4v) is 9.08. The lowest BCUT2D eigenvalue weighted by atomic mass is 9.73. The predicted molar refractivity (Wildman–Crippen MR) is 206 cm³/mol. The molecule has 0 aromatic heterocycles. The average molecular weight is 746 g/mol. The first-order valence-corrected chi connectivity index (χ1v) is 19.6. The van der Waals surface area contributed by atoms with Crippen LogP contribution in [-0.4, -0.2) is 56.9 Å². The Balaban J connectivity index is 1.16. The summed E-state index contributed by atoms with van der Waals surface area (Å²) >= 11 is 0. The summed E-state index contributed by atoms with van der Waals surface area (Å²) in [5.74, 6) is 10.2. The summed E-state index contributed by atoms with van der Waals surface area (Å²) in [4.78, 5) is 18.8. The van der Waals surface area contributed by atoms with Crippen molar-refractivity contribution >= 4 is 17.6 Å². The summed E-state index contributed by atoms with van der Waals surface area (Å²) in [6.45, 7) is 2.52. The monoisotopic (exact) mass is 745 g/mol. The second-order valence-corrected chi connectivity index (χ2v) is 15.7. The first kappa shape index (κ1) is 37.1. The number of aliphatic hydroxyl groups is 3. The number of rotatable bonds is 9. The molecule has 0 radical (unpaired) electrons. The van der Waals surface area contributed by atoms with E-state index in [1.807, 2.05) is 37.5 Å². The van der Waals surface area contributed by atoms with Crippen LogP contribution in [0.3, 0.4) is 0 Å². The Labute approximate surface area is 321 Å². The van der Waals surface area contributed by atoms with Crippen LogP contribution < -0.4 is 25.4 Å². The molecule has 11 heteroatoms. The summed E-state index contributed by atoms with van der Waals surface area (Å²) < 4.78 is 13.1. The number of fused-ring (bicyclic) bond motifs is 8. The highest BCUT2D eigenvalue weighted by molar-refractivity contribution is 6.08. The first-order valence-electron chi connectivity index (χ1n) is 19.6. The van der Waals surface area contributed by atoms with Crippen LogP contribution in [0.4, 0.5) is 0 Å². The highest BCUT2D eigenvalue weighted by atomic mass is 16.5. The number of nitrogens with two attached hydrogens (primary N) is 1. The van der Waals surface area contributed by atoms with Crippen LogP contribution in [0.25, 0.3) is 6.08 Å². The summed E-state index contributed by atoms with van der Waals surface area (Å²) in [6.07, 6.45) is 13.1. The normalized spacial score (nSPS) is 26.2. The van der Waals surface area contributed by atoms with Gasteiger partial charge >= 0.3 is 0 Å². The second-order valence-electron chi connectivity index (χ2n) is 15.7. The van der Waals surface area contributed by atoms with E-state index < -0.39 is 35.9 Å². The molecule has 8 rings (SSSR count). The highest BCUT2D eigenvalue weighted by Crippen LogP contribution is 2.47. The fourth-order valence-electron chi connectivity index (χ4n) is 9.08. The summed E-state index contributed by atoms with van der Waals surface area (Å²) in [5, 5.41) is 46.6. The molecular weight excluding hydrogens is 697 g/mol. The first-order chi connectivity index (χ1) is 26.6. The van der Waals surface area contributed by atoms with Gasteiger partial charge in [0.25, 0.3) is 6.23 Å². The van der Waals surface area contributed by atoms with Gasteiger partial charge in [-0.2, -0.15) is 0 Å². The van der Waals surface area contributed by atoms with Crippen LogP contribution in [0.5, 0.6) is 17.2 Å². The molecule has 7 atom stereocenters. The van der Waals surface area contributed by atoms with Crippen molar-refractivity contribution in [3.05, 3.63) is 81.8 Å². The van der Waals surface area contributed by atoms with Crippen molar-refractivity contribution in [2.24, 2.45) is 22.1 Å². The lowest BCUT2D eigenvalue weighted by Gasteiger charge is -2.36. The van der Waals surface area contributed by atoms with Crippen molar-refractivity contribution in [1.82, 2.24) is 5.32 Å². The smallest absolute Gasteiger partial charge is 0.252 e. The lowest BCUT2D eigenvalue weighted by molar-refractivity contribution is -0.888. The van der Waals surface area contributed by atoms with E-state index in [0.717, 1.165) is 76.1 Å². The summed E-state index contributed by atoms with van der Waals surface area (Å²) in [7, 11) is 0. The summed E-state index contributed by atoms with van der Waals surface area (Å²) in [6, 6.07) is 7.08. The van der Waals surface area contributed by atoms with Gasteiger partial charge in [0.05, 0.1) is 23.2 Å². The van der Waals surface area contributed by atoms with Crippen molar-refractivity contribution in [2.75, 3.05) is 6.54 Å². The maximum absolute atomic E-state index is 12.9. The molecule has 2 aromatic rings. The van der Waals surface area contributed by atoms with E-state index in [0.29, 0.717) is 30.7 Å². The van der Waals surface area contributed by atoms with Crippen LogP contribution in [0, 0.1) is 35.2 Å². The third-order valence-corrected chi connectivity index (χ3v) is 12.0. The largest absolute Gasteiger partial charge is 0.508 e. The third kappa shape index (κ3) is 7.31. The number of phenols is 1. The number of ketones is 1. The van der Waals surface area contributed by atoms with Crippen molar-refractivity contribution in [1.29, 1.82) is 0 Å². The number of aliphatic imine (C=N–C) groups is 1. The van der Waals surface area contributed by atoms with E-state index in [1.165, 1.54) is 6.07 Å². The van der Waals surface area contributed by atoms with Gasteiger partial charge in [-0.3, -0.25) is 14.7 Å². The Morgan fingerprint density at radius 2 is 1.96 bits per heavy atom. The molecule has 5 aliphatic heterocycles. The number of hydrogen-bond donors (Lipinski definition) is 7. The minimum absolute atomic E-state index is 0.0504. The molecule has 55 heavy (non-hydrogen) atoms. The van der Waals surface area contributed by atoms with Crippen LogP contribution in [-0.2, 0) is 17.6 Å². The number of carbonyl (C=O) groups is 1. The predicted octanol–water partition coefficient (Wildman–Crippen LogP) is 3.38. The van der Waals surface area contributed by atoms with Gasteiger partial charge in [-0.15, -0.1) is 0 Å². The Bertz CT molecular complexity index is 2130. The molecule has 286 valence electrons. The number of aliphatic hydroxyl groups excluding tert-OH is 3. The second kappa shape index (κ2) is 15.3. The molecular formula is C44H49N4O7+. The molecule has 1 spiro atoms. The van der Waals surface area contributed by atoms with Crippen LogP contribution in [0.15, 0.2) is 59.0 Å². The van der Waals surface area contributed by atoms with Crippen molar-refractivity contribution in [3.63, 3.8) is 0 Å². The SMILES string of the molecule is CCC[C@H](O)C[C@@H](O)CC(=O)CCc1cc2c(cc1O)OC#CC1(CCCC1)[C@H]1C#C[C@H](O)c3ccc4c(c3CC3=CN=C5C[NH+](C=C35)[C@H]1O2)C=CN[C@@H]4N. The van der Waals surface area contributed by atoms with Crippen LogP contribution >= 0.6 is 0 Å². The number of ether oxygens (including phenoxy) is 2. The van der Waals surface area contributed by atoms with Gasteiger partial charge in [-0.1, -0.05) is 56.1 Å². The zero-order valence-corrected chi connectivity index (χ0v) is 31.1. The molecule has 1 saturated carbocycles. The van der Waals surface area contributed by atoms with Crippen LogP contribution in [0.1, 0.15) is 105 Å². The van der Waals surface area contributed by atoms with E-state index in [-0.39, 0.29) is 49.1 Å². The average Bonchev–Trinajstić information content (AvgIpc) is 3.90. The maximum Gasteiger partial charge on any atom is 0.252 e. The zero-order chi connectivity index (χ0) is 38.3. The number of carbonyl (C=O) groups excluding carboxylic acids is 1. The molecule has 2 bridgehead atoms. The number of nitrogens with one attached hydrogen (secondary N) is 2. The number of aryl methyl sites for hydroxylation is 1. The minimum Gasteiger partial charge on any atom is -0.508 e. The lowest BCUT2D eigenvalue weighted by Crippen LogP contribution is -3.13. The zero-order valence-electron chi connectivity index (χ0n) is 31.1. The van der Waals surface area contributed by atoms with Crippen LogP contribution in [0.2, 0.25) is 0 Å². The topological polar surface area (TPSA) is 171 Å². The van der Waals surface area contributed by atoms with Crippen molar-refractivity contribution in [3.8, 4) is 41.1 Å². The Morgan fingerprint density at radius 3 is 2.78 bits per heavy atom. The highest BCUT2D eigenvalue weighted by Gasteiger charge is 2.51. The van der Waals surface area contributed by atoms with E-state index in [1.54, 1.807) is 6.07 Å². The number of aromatic hydroxyl groups is 1. The number of hydrogen-bond acceptors (Lipinski definition) is 10. The minimum atomic E-state index is -1.09. The van der Waals surface area contributed by atoms with Crippen molar-refractivity contribution < 1.29 is 39.6 Å². The molecule has 6 aliphatic rings. The van der Waals surface area contributed by atoms with Gasteiger partial charge in [0, 0.05) is 31.5 Å². The Hall–Kier alpha value is -4.88. The van der Waals surface area contributed by atoms with E-state index in [4.69, 9.17) is 20.2 Å². The molecule has 1 fully saturated rings. The van der Waals surface area contributed by atoms with Crippen molar-refractivity contribution in [2.45, 2.75) is 108 Å². The van der Waals surface area contributed by atoms with Gasteiger partial charge in [0.15, 0.2) is 11.5 Å². The number of quaternary nitrogens is 1. The van der Waals surface area contributed by atoms with E-state index in [9.17, 15) is 25.2 Å².